The Bertz CT molecular complexity index is 359. The molecule has 0 unspecified atom stereocenters. The van der Waals surface area contributed by atoms with Crippen LogP contribution in [0.25, 0.3) is 0 Å². The molecule has 1 aromatic rings. The SMILES string of the molecule is CC(C)(C)n1cnc(C2CCOCC2)c1N. The number of anilines is 1. The highest BCUT2D eigenvalue weighted by molar-refractivity contribution is 5.39. The predicted molar refractivity (Wildman–Crippen MR) is 64.4 cm³/mol. The first-order valence-electron chi connectivity index (χ1n) is 5.91. The van der Waals surface area contributed by atoms with Gasteiger partial charge in [-0.3, -0.25) is 0 Å². The summed E-state index contributed by atoms with van der Waals surface area (Å²) < 4.78 is 7.41. The van der Waals surface area contributed by atoms with Gasteiger partial charge in [-0.2, -0.15) is 0 Å². The maximum Gasteiger partial charge on any atom is 0.127 e. The fourth-order valence-electron chi connectivity index (χ4n) is 2.19. The lowest BCUT2D eigenvalue weighted by Crippen LogP contribution is -2.23. The Morgan fingerprint density at radius 2 is 2.00 bits per heavy atom. The first-order chi connectivity index (χ1) is 7.50. The van der Waals surface area contributed by atoms with Crippen molar-refractivity contribution in [2.45, 2.75) is 45.1 Å². The first-order valence-corrected chi connectivity index (χ1v) is 5.91. The summed E-state index contributed by atoms with van der Waals surface area (Å²) >= 11 is 0. The molecule has 0 spiro atoms. The minimum Gasteiger partial charge on any atom is -0.384 e. The number of ether oxygens (including phenoxy) is 1. The Morgan fingerprint density at radius 3 is 2.50 bits per heavy atom. The molecule has 2 heterocycles. The highest BCUT2D eigenvalue weighted by Crippen LogP contribution is 2.31. The summed E-state index contributed by atoms with van der Waals surface area (Å²) in [4.78, 5) is 4.49. The van der Waals surface area contributed by atoms with Gasteiger partial charge >= 0.3 is 0 Å². The molecule has 0 aromatic carbocycles. The van der Waals surface area contributed by atoms with Crippen molar-refractivity contribution in [2.75, 3.05) is 18.9 Å². The van der Waals surface area contributed by atoms with Crippen LogP contribution in [0.5, 0.6) is 0 Å². The third-order valence-electron chi connectivity index (χ3n) is 3.16. The minimum atomic E-state index is 0.000496. The van der Waals surface area contributed by atoms with Crippen LogP contribution in [0.1, 0.15) is 45.2 Å². The van der Waals surface area contributed by atoms with Crippen molar-refractivity contribution in [3.8, 4) is 0 Å². The predicted octanol–water partition coefficient (Wildman–Crippen LogP) is 2.11. The number of rotatable bonds is 1. The molecule has 2 N–H and O–H groups in total. The van der Waals surface area contributed by atoms with Crippen LogP contribution in [0.4, 0.5) is 5.82 Å². The molecule has 1 aliphatic heterocycles. The van der Waals surface area contributed by atoms with E-state index in [0.717, 1.165) is 37.6 Å². The quantitative estimate of drug-likeness (QED) is 0.793. The van der Waals surface area contributed by atoms with Gasteiger partial charge in [-0.25, -0.2) is 4.98 Å². The van der Waals surface area contributed by atoms with E-state index in [2.05, 4.69) is 30.3 Å². The Labute approximate surface area is 96.8 Å². The summed E-state index contributed by atoms with van der Waals surface area (Å²) in [5.74, 6) is 1.29. The zero-order chi connectivity index (χ0) is 11.8. The lowest BCUT2D eigenvalue weighted by molar-refractivity contribution is 0.0847. The number of hydrogen-bond acceptors (Lipinski definition) is 3. The number of nitrogen functional groups attached to an aromatic ring is 1. The summed E-state index contributed by atoms with van der Waals surface area (Å²) in [6, 6.07) is 0. The molecular formula is C12H21N3O. The van der Waals surface area contributed by atoms with Gasteiger partial charge in [0, 0.05) is 24.7 Å². The molecule has 0 saturated carbocycles. The molecule has 2 rings (SSSR count). The molecule has 90 valence electrons. The topological polar surface area (TPSA) is 53.1 Å². The van der Waals surface area contributed by atoms with Gasteiger partial charge in [0.15, 0.2) is 0 Å². The lowest BCUT2D eigenvalue weighted by Gasteiger charge is -2.24. The van der Waals surface area contributed by atoms with Crippen LogP contribution in [0.15, 0.2) is 6.33 Å². The van der Waals surface area contributed by atoms with Crippen molar-refractivity contribution in [1.82, 2.24) is 9.55 Å². The summed E-state index contributed by atoms with van der Waals surface area (Å²) in [7, 11) is 0. The summed E-state index contributed by atoms with van der Waals surface area (Å²) in [6.45, 7) is 8.06. The van der Waals surface area contributed by atoms with E-state index in [4.69, 9.17) is 10.5 Å². The number of nitrogens with two attached hydrogens (primary N) is 1. The Balaban J connectivity index is 2.25. The third kappa shape index (κ3) is 2.07. The lowest BCUT2D eigenvalue weighted by atomic mass is 9.96. The van der Waals surface area contributed by atoms with E-state index in [1.54, 1.807) is 0 Å². The van der Waals surface area contributed by atoms with Gasteiger partial charge in [0.1, 0.15) is 5.82 Å². The van der Waals surface area contributed by atoms with Crippen LogP contribution in [-0.4, -0.2) is 22.8 Å². The minimum absolute atomic E-state index is 0.000496. The summed E-state index contributed by atoms with van der Waals surface area (Å²) in [5, 5.41) is 0. The maximum absolute atomic E-state index is 6.18. The fraction of sp³-hybridized carbons (Fsp3) is 0.750. The largest absolute Gasteiger partial charge is 0.384 e. The standard InChI is InChI=1S/C12H21N3O/c1-12(2,3)15-8-14-10(11(15)13)9-4-6-16-7-5-9/h8-9H,4-7,13H2,1-3H3. The molecular weight excluding hydrogens is 202 g/mol. The van der Waals surface area contributed by atoms with Gasteiger partial charge in [-0.15, -0.1) is 0 Å². The van der Waals surface area contributed by atoms with E-state index in [1.807, 2.05) is 6.33 Å². The molecule has 1 saturated heterocycles. The van der Waals surface area contributed by atoms with Crippen molar-refractivity contribution < 1.29 is 4.74 Å². The smallest absolute Gasteiger partial charge is 0.127 e. The van der Waals surface area contributed by atoms with Gasteiger partial charge < -0.3 is 15.0 Å². The van der Waals surface area contributed by atoms with E-state index >= 15 is 0 Å². The van der Waals surface area contributed by atoms with E-state index < -0.39 is 0 Å². The number of aromatic nitrogens is 2. The van der Waals surface area contributed by atoms with E-state index in [9.17, 15) is 0 Å². The summed E-state index contributed by atoms with van der Waals surface area (Å²) in [5.41, 5.74) is 7.23. The molecule has 0 radical (unpaired) electrons. The Kier molecular flexibility index (Phi) is 2.93. The van der Waals surface area contributed by atoms with E-state index in [1.165, 1.54) is 0 Å². The molecule has 1 aromatic heterocycles. The monoisotopic (exact) mass is 223 g/mol. The van der Waals surface area contributed by atoms with E-state index in [-0.39, 0.29) is 5.54 Å². The maximum atomic E-state index is 6.18. The highest BCUT2D eigenvalue weighted by Gasteiger charge is 2.24. The van der Waals surface area contributed by atoms with Crippen LogP contribution in [-0.2, 0) is 10.3 Å². The number of imidazole rings is 1. The van der Waals surface area contributed by atoms with Crippen LogP contribution < -0.4 is 5.73 Å². The zero-order valence-corrected chi connectivity index (χ0v) is 10.4. The molecule has 4 heteroatoms. The molecule has 16 heavy (non-hydrogen) atoms. The van der Waals surface area contributed by atoms with Crippen molar-refractivity contribution in [3.63, 3.8) is 0 Å². The highest BCUT2D eigenvalue weighted by atomic mass is 16.5. The second-order valence-electron chi connectivity index (χ2n) is 5.44. The average Bonchev–Trinajstić information content (AvgIpc) is 2.61. The third-order valence-corrected chi connectivity index (χ3v) is 3.16. The van der Waals surface area contributed by atoms with E-state index in [0.29, 0.717) is 5.92 Å². The number of hydrogen-bond donors (Lipinski definition) is 1. The van der Waals surface area contributed by atoms with Crippen LogP contribution in [0, 0.1) is 0 Å². The average molecular weight is 223 g/mol. The molecule has 0 aliphatic carbocycles. The van der Waals surface area contributed by atoms with Gasteiger partial charge in [-0.05, 0) is 33.6 Å². The normalized spacial score (nSPS) is 18.9. The molecule has 0 atom stereocenters. The summed E-state index contributed by atoms with van der Waals surface area (Å²) in [6.07, 6.45) is 3.93. The first kappa shape index (κ1) is 11.5. The molecule has 1 fully saturated rings. The molecule has 1 aliphatic rings. The van der Waals surface area contributed by atoms with Gasteiger partial charge in [0.25, 0.3) is 0 Å². The van der Waals surface area contributed by atoms with Crippen LogP contribution >= 0.6 is 0 Å². The Hall–Kier alpha value is -1.03. The van der Waals surface area contributed by atoms with Crippen molar-refractivity contribution in [2.24, 2.45) is 0 Å². The van der Waals surface area contributed by atoms with Gasteiger partial charge in [-0.1, -0.05) is 0 Å². The van der Waals surface area contributed by atoms with Crippen LogP contribution in [0.3, 0.4) is 0 Å². The number of nitrogens with zero attached hydrogens (tertiary/aromatic N) is 2. The second kappa shape index (κ2) is 4.09. The van der Waals surface area contributed by atoms with Crippen molar-refractivity contribution >= 4 is 5.82 Å². The zero-order valence-electron chi connectivity index (χ0n) is 10.4. The molecule has 0 amide bonds. The van der Waals surface area contributed by atoms with Gasteiger partial charge in [0.05, 0.1) is 12.0 Å². The second-order valence-corrected chi connectivity index (χ2v) is 5.44. The molecule has 4 nitrogen and oxygen atoms in total. The molecule has 0 bridgehead atoms. The Morgan fingerprint density at radius 1 is 1.38 bits per heavy atom. The van der Waals surface area contributed by atoms with Crippen LogP contribution in [0.2, 0.25) is 0 Å². The fourth-order valence-corrected chi connectivity index (χ4v) is 2.19. The van der Waals surface area contributed by atoms with Gasteiger partial charge in [0.2, 0.25) is 0 Å². The van der Waals surface area contributed by atoms with Crippen molar-refractivity contribution in [3.05, 3.63) is 12.0 Å². The van der Waals surface area contributed by atoms with Crippen molar-refractivity contribution in [1.29, 1.82) is 0 Å².